The third kappa shape index (κ3) is 3.98. The zero-order chi connectivity index (χ0) is 18.9. The van der Waals surface area contributed by atoms with E-state index < -0.39 is 17.1 Å². The summed E-state index contributed by atoms with van der Waals surface area (Å²) >= 11 is 1.47. The van der Waals surface area contributed by atoms with Crippen LogP contribution in [0.3, 0.4) is 0 Å². The molecule has 3 nitrogen and oxygen atoms in total. The summed E-state index contributed by atoms with van der Waals surface area (Å²) in [5.41, 5.74) is 2.65. The number of anilines is 1. The molecule has 1 aliphatic rings. The van der Waals surface area contributed by atoms with E-state index >= 15 is 0 Å². The summed E-state index contributed by atoms with van der Waals surface area (Å²) in [6.07, 6.45) is -4.40. The van der Waals surface area contributed by atoms with Gasteiger partial charge in [0.1, 0.15) is 5.37 Å². The highest BCUT2D eigenvalue weighted by Gasteiger charge is 2.34. The molecular weight excluding hydrogens is 361 g/mol. The van der Waals surface area contributed by atoms with Crippen molar-refractivity contribution >= 4 is 23.5 Å². The number of carbonyl (C=O) groups excluding carboxylic acids is 1. The van der Waals surface area contributed by atoms with E-state index in [-0.39, 0.29) is 6.03 Å². The largest absolute Gasteiger partial charge is 0.416 e. The van der Waals surface area contributed by atoms with Crippen molar-refractivity contribution < 1.29 is 18.0 Å². The Labute approximate surface area is 154 Å². The predicted molar refractivity (Wildman–Crippen MR) is 98.3 cm³/mol. The van der Waals surface area contributed by atoms with Gasteiger partial charge in [-0.3, -0.25) is 0 Å². The molecule has 3 rings (SSSR count). The first-order valence-electron chi connectivity index (χ1n) is 8.19. The van der Waals surface area contributed by atoms with E-state index in [9.17, 15) is 18.0 Å². The number of benzene rings is 2. The summed E-state index contributed by atoms with van der Waals surface area (Å²) in [6.45, 7) is 4.44. The summed E-state index contributed by atoms with van der Waals surface area (Å²) in [5, 5.41) is 2.42. The number of aryl methyl sites for hydroxylation is 2. The predicted octanol–water partition coefficient (Wildman–Crippen LogP) is 5.60. The van der Waals surface area contributed by atoms with Crippen LogP contribution in [0, 0.1) is 13.8 Å². The Morgan fingerprint density at radius 1 is 1.15 bits per heavy atom. The first kappa shape index (κ1) is 18.6. The molecule has 0 bridgehead atoms. The Hall–Kier alpha value is -2.15. The number of carbonyl (C=O) groups is 1. The summed E-state index contributed by atoms with van der Waals surface area (Å²) in [7, 11) is 0. The van der Waals surface area contributed by atoms with Gasteiger partial charge in [-0.1, -0.05) is 18.2 Å². The van der Waals surface area contributed by atoms with E-state index in [2.05, 4.69) is 5.32 Å². The van der Waals surface area contributed by atoms with Crippen LogP contribution in [0.4, 0.5) is 23.7 Å². The van der Waals surface area contributed by atoms with Crippen molar-refractivity contribution in [1.29, 1.82) is 0 Å². The fourth-order valence-corrected chi connectivity index (χ4v) is 4.08. The molecule has 0 aliphatic carbocycles. The van der Waals surface area contributed by atoms with E-state index in [1.807, 2.05) is 32.0 Å². The minimum absolute atomic E-state index is 0.305. The lowest BCUT2D eigenvalue weighted by molar-refractivity contribution is -0.137. The molecule has 2 aromatic rings. The van der Waals surface area contributed by atoms with E-state index in [1.54, 1.807) is 11.0 Å². The number of amides is 2. The lowest BCUT2D eigenvalue weighted by Crippen LogP contribution is -2.34. The molecule has 7 heteroatoms. The Morgan fingerprint density at radius 2 is 1.92 bits per heavy atom. The van der Waals surface area contributed by atoms with Crippen LogP contribution in [0.2, 0.25) is 0 Å². The van der Waals surface area contributed by atoms with Crippen molar-refractivity contribution in [3.05, 3.63) is 64.7 Å². The smallest absolute Gasteiger partial charge is 0.308 e. The van der Waals surface area contributed by atoms with Crippen molar-refractivity contribution in [2.45, 2.75) is 25.4 Å². The SMILES string of the molecule is Cc1ccc(NC(=O)N2CCS[C@H]2c2cccc(C(F)(F)F)c2)cc1C. The quantitative estimate of drug-likeness (QED) is 0.735. The second-order valence-corrected chi connectivity index (χ2v) is 7.46. The summed E-state index contributed by atoms with van der Waals surface area (Å²) in [4.78, 5) is 14.2. The van der Waals surface area contributed by atoms with Gasteiger partial charge in [-0.2, -0.15) is 13.2 Å². The fraction of sp³-hybridized carbons (Fsp3) is 0.316. The maximum atomic E-state index is 13.0. The maximum absolute atomic E-state index is 13.0. The molecule has 1 heterocycles. The zero-order valence-electron chi connectivity index (χ0n) is 14.4. The average Bonchev–Trinajstić information content (AvgIpc) is 3.07. The first-order valence-corrected chi connectivity index (χ1v) is 9.24. The Bertz CT molecular complexity index is 823. The van der Waals surface area contributed by atoms with Gasteiger partial charge in [0.15, 0.2) is 0 Å². The molecule has 138 valence electrons. The number of alkyl halides is 3. The maximum Gasteiger partial charge on any atom is 0.416 e. The normalized spacial score (nSPS) is 17.4. The number of rotatable bonds is 2. The molecule has 2 amide bonds. The fourth-order valence-electron chi connectivity index (χ4n) is 2.84. The van der Waals surface area contributed by atoms with Crippen LogP contribution in [-0.4, -0.2) is 23.2 Å². The van der Waals surface area contributed by atoms with Gasteiger partial charge < -0.3 is 10.2 Å². The minimum atomic E-state index is -4.40. The van der Waals surface area contributed by atoms with Gasteiger partial charge in [0, 0.05) is 18.0 Å². The van der Waals surface area contributed by atoms with E-state index in [0.717, 1.165) is 23.3 Å². The lowest BCUT2D eigenvalue weighted by atomic mass is 10.1. The summed E-state index contributed by atoms with van der Waals surface area (Å²) in [6, 6.07) is 10.5. The van der Waals surface area contributed by atoms with Crippen LogP contribution in [0.5, 0.6) is 0 Å². The molecule has 0 radical (unpaired) electrons. The summed E-state index contributed by atoms with van der Waals surface area (Å²) < 4.78 is 38.9. The van der Waals surface area contributed by atoms with Gasteiger partial charge in [-0.25, -0.2) is 4.79 Å². The third-order valence-corrected chi connectivity index (χ3v) is 5.67. The number of hydrogen-bond donors (Lipinski definition) is 1. The van der Waals surface area contributed by atoms with Gasteiger partial charge in [0.05, 0.1) is 5.56 Å². The number of hydrogen-bond acceptors (Lipinski definition) is 2. The molecule has 1 aliphatic heterocycles. The van der Waals surface area contributed by atoms with Crippen LogP contribution >= 0.6 is 11.8 Å². The number of halogens is 3. The highest BCUT2D eigenvalue weighted by Crippen LogP contribution is 2.40. The lowest BCUT2D eigenvalue weighted by Gasteiger charge is -2.25. The van der Waals surface area contributed by atoms with Gasteiger partial charge in [-0.05, 0) is 54.8 Å². The highest BCUT2D eigenvalue weighted by molar-refractivity contribution is 7.99. The molecule has 26 heavy (non-hydrogen) atoms. The van der Waals surface area contributed by atoms with Gasteiger partial charge in [0.2, 0.25) is 0 Å². The van der Waals surface area contributed by atoms with Crippen molar-refractivity contribution in [3.8, 4) is 0 Å². The van der Waals surface area contributed by atoms with Crippen LogP contribution in [0.1, 0.15) is 27.6 Å². The Kier molecular flexibility index (Phi) is 5.18. The molecule has 0 spiro atoms. The average molecular weight is 380 g/mol. The number of nitrogens with zero attached hydrogens (tertiary/aromatic N) is 1. The topological polar surface area (TPSA) is 32.3 Å². The third-order valence-electron chi connectivity index (χ3n) is 4.41. The molecule has 2 aromatic carbocycles. The van der Waals surface area contributed by atoms with Gasteiger partial charge in [-0.15, -0.1) is 11.8 Å². The van der Waals surface area contributed by atoms with Crippen molar-refractivity contribution in [1.82, 2.24) is 4.90 Å². The van der Waals surface area contributed by atoms with E-state index in [0.29, 0.717) is 23.5 Å². The molecule has 1 saturated heterocycles. The second-order valence-electron chi connectivity index (χ2n) is 6.27. The standard InChI is InChI=1S/C19H19F3N2OS/c1-12-6-7-16(10-13(12)2)23-18(25)24-8-9-26-17(24)14-4-3-5-15(11-14)19(20,21)22/h3-7,10-11,17H,8-9H2,1-2H3,(H,23,25)/t17-/m0/s1. The van der Waals surface area contributed by atoms with E-state index in [1.165, 1.54) is 17.8 Å². The molecule has 0 aromatic heterocycles. The number of nitrogens with one attached hydrogen (secondary N) is 1. The number of thioether (sulfide) groups is 1. The highest BCUT2D eigenvalue weighted by atomic mass is 32.2. The van der Waals surface area contributed by atoms with Crippen molar-refractivity contribution in [2.24, 2.45) is 0 Å². The van der Waals surface area contributed by atoms with Crippen LogP contribution < -0.4 is 5.32 Å². The molecule has 0 unspecified atom stereocenters. The first-order chi connectivity index (χ1) is 12.3. The van der Waals surface area contributed by atoms with Crippen molar-refractivity contribution in [2.75, 3.05) is 17.6 Å². The molecule has 1 atom stereocenters. The van der Waals surface area contributed by atoms with Crippen LogP contribution in [0.15, 0.2) is 42.5 Å². The molecule has 1 fully saturated rings. The van der Waals surface area contributed by atoms with Crippen molar-refractivity contribution in [3.63, 3.8) is 0 Å². The molecule has 1 N–H and O–H groups in total. The Balaban J connectivity index is 1.79. The second kappa shape index (κ2) is 7.23. The summed E-state index contributed by atoms with van der Waals surface area (Å²) in [5.74, 6) is 0.682. The van der Waals surface area contributed by atoms with Crippen LogP contribution in [0.25, 0.3) is 0 Å². The zero-order valence-corrected chi connectivity index (χ0v) is 15.2. The molecule has 0 saturated carbocycles. The van der Waals surface area contributed by atoms with Gasteiger partial charge in [0.25, 0.3) is 0 Å². The van der Waals surface area contributed by atoms with Crippen LogP contribution in [-0.2, 0) is 6.18 Å². The van der Waals surface area contributed by atoms with Gasteiger partial charge >= 0.3 is 12.2 Å². The Morgan fingerprint density at radius 3 is 2.62 bits per heavy atom. The molecular formula is C19H19F3N2OS. The minimum Gasteiger partial charge on any atom is -0.308 e. The van der Waals surface area contributed by atoms with E-state index in [4.69, 9.17) is 0 Å². The number of urea groups is 1. The monoisotopic (exact) mass is 380 g/mol.